The van der Waals surface area contributed by atoms with Crippen LogP contribution in [0.4, 0.5) is 0 Å². The van der Waals surface area contributed by atoms with Crippen LogP contribution in [0.5, 0.6) is 0 Å². The first-order valence-electron chi connectivity index (χ1n) is 12.8. The molecule has 8 nitrogen and oxygen atoms in total. The van der Waals surface area contributed by atoms with Crippen LogP contribution < -0.4 is 21.7 Å². The van der Waals surface area contributed by atoms with Gasteiger partial charge in [-0.15, -0.1) is 0 Å². The van der Waals surface area contributed by atoms with Gasteiger partial charge in [-0.25, -0.2) is 0 Å². The maximum atomic E-state index is 12.2. The van der Waals surface area contributed by atoms with Gasteiger partial charge in [0.1, 0.15) is 0 Å². The zero-order chi connectivity index (χ0) is 25.0. The minimum Gasteiger partial charge on any atom is -0.273 e. The SMILES string of the molecule is CCCCCCCCC(=O)NNC(=O)c1ccc(C(=O)NNC(=O)CCCCCCCC)cc1. The van der Waals surface area contributed by atoms with Gasteiger partial charge in [-0.3, -0.25) is 40.9 Å². The van der Waals surface area contributed by atoms with E-state index in [2.05, 4.69) is 35.6 Å². The van der Waals surface area contributed by atoms with E-state index in [0.717, 1.165) is 38.5 Å². The Bertz CT molecular complexity index is 687. The average Bonchev–Trinajstić information content (AvgIpc) is 2.85. The van der Waals surface area contributed by atoms with Crippen molar-refractivity contribution in [1.29, 1.82) is 0 Å². The smallest absolute Gasteiger partial charge is 0.269 e. The van der Waals surface area contributed by atoms with Crippen molar-refractivity contribution in [3.8, 4) is 0 Å². The predicted octanol–water partition coefficient (Wildman–Crippen LogP) is 4.71. The van der Waals surface area contributed by atoms with Crippen LogP contribution in [0.1, 0.15) is 124 Å². The molecular weight excluding hydrogens is 432 g/mol. The lowest BCUT2D eigenvalue weighted by Gasteiger charge is -2.09. The summed E-state index contributed by atoms with van der Waals surface area (Å²) < 4.78 is 0. The molecule has 8 heteroatoms. The molecule has 1 aromatic carbocycles. The van der Waals surface area contributed by atoms with Crippen LogP contribution in [-0.4, -0.2) is 23.6 Å². The number of hydrazine groups is 2. The molecule has 0 fully saturated rings. The topological polar surface area (TPSA) is 116 Å². The number of unbranched alkanes of at least 4 members (excludes halogenated alkanes) is 10. The summed E-state index contributed by atoms with van der Waals surface area (Å²) in [6.07, 6.45) is 13.8. The lowest BCUT2D eigenvalue weighted by molar-refractivity contribution is -0.122. The quantitative estimate of drug-likeness (QED) is 0.205. The van der Waals surface area contributed by atoms with E-state index in [1.165, 1.54) is 62.8 Å². The number of hydrogen-bond donors (Lipinski definition) is 4. The number of carbonyl (C=O) groups is 4. The number of benzene rings is 1. The fourth-order valence-corrected chi connectivity index (χ4v) is 3.43. The predicted molar refractivity (Wildman–Crippen MR) is 134 cm³/mol. The molecule has 1 rings (SSSR count). The van der Waals surface area contributed by atoms with E-state index in [9.17, 15) is 19.2 Å². The Morgan fingerprint density at radius 2 is 0.824 bits per heavy atom. The van der Waals surface area contributed by atoms with E-state index in [4.69, 9.17) is 0 Å². The summed E-state index contributed by atoms with van der Waals surface area (Å²) in [4.78, 5) is 48.1. The van der Waals surface area contributed by atoms with Crippen molar-refractivity contribution >= 4 is 23.6 Å². The Kier molecular flexibility index (Phi) is 15.9. The van der Waals surface area contributed by atoms with Crippen LogP contribution in [0.3, 0.4) is 0 Å². The van der Waals surface area contributed by atoms with Crippen LogP contribution in [0.25, 0.3) is 0 Å². The van der Waals surface area contributed by atoms with Gasteiger partial charge in [0, 0.05) is 24.0 Å². The Hall–Kier alpha value is -2.90. The van der Waals surface area contributed by atoms with Gasteiger partial charge in [0.2, 0.25) is 11.8 Å². The molecule has 0 spiro atoms. The minimum atomic E-state index is -0.463. The summed E-state index contributed by atoms with van der Waals surface area (Å²) in [6, 6.07) is 5.95. The molecule has 0 aliphatic carbocycles. The standard InChI is InChI=1S/C26H42N4O4/c1-3-5-7-9-11-13-15-23(31)27-29-25(33)21-17-19-22(20-18-21)26(34)30-28-24(32)16-14-12-10-8-6-4-2/h17-20H,3-16H2,1-2H3,(H,27,31)(H,28,32)(H,29,33)(H,30,34). The third-order valence-corrected chi connectivity index (χ3v) is 5.55. The van der Waals surface area contributed by atoms with E-state index in [-0.39, 0.29) is 11.8 Å². The molecule has 4 amide bonds. The van der Waals surface area contributed by atoms with Crippen molar-refractivity contribution in [2.24, 2.45) is 0 Å². The van der Waals surface area contributed by atoms with Crippen molar-refractivity contribution in [1.82, 2.24) is 21.7 Å². The van der Waals surface area contributed by atoms with Gasteiger partial charge < -0.3 is 0 Å². The van der Waals surface area contributed by atoms with Gasteiger partial charge >= 0.3 is 0 Å². The third kappa shape index (κ3) is 13.6. The molecule has 0 atom stereocenters. The molecule has 0 saturated carbocycles. The number of carbonyl (C=O) groups excluding carboxylic acids is 4. The summed E-state index contributed by atoms with van der Waals surface area (Å²) in [7, 11) is 0. The van der Waals surface area contributed by atoms with Crippen LogP contribution >= 0.6 is 0 Å². The molecule has 4 N–H and O–H groups in total. The van der Waals surface area contributed by atoms with Gasteiger partial charge in [0.15, 0.2) is 0 Å². The van der Waals surface area contributed by atoms with E-state index in [0.29, 0.717) is 24.0 Å². The van der Waals surface area contributed by atoms with Gasteiger partial charge in [-0.05, 0) is 37.1 Å². The second-order valence-corrected chi connectivity index (χ2v) is 8.62. The first-order chi connectivity index (χ1) is 16.5. The van der Waals surface area contributed by atoms with E-state index < -0.39 is 11.8 Å². The van der Waals surface area contributed by atoms with Gasteiger partial charge in [0.05, 0.1) is 0 Å². The van der Waals surface area contributed by atoms with Crippen LogP contribution in [0, 0.1) is 0 Å². The highest BCUT2D eigenvalue weighted by atomic mass is 16.2. The van der Waals surface area contributed by atoms with Crippen molar-refractivity contribution < 1.29 is 19.2 Å². The number of rotatable bonds is 16. The molecular formula is C26H42N4O4. The Morgan fingerprint density at radius 3 is 1.18 bits per heavy atom. The molecule has 1 aromatic rings. The highest BCUT2D eigenvalue weighted by molar-refractivity contribution is 5.98. The van der Waals surface area contributed by atoms with E-state index in [1.54, 1.807) is 0 Å². The van der Waals surface area contributed by atoms with Crippen LogP contribution in [0.2, 0.25) is 0 Å². The molecule has 34 heavy (non-hydrogen) atoms. The summed E-state index contributed by atoms with van der Waals surface area (Å²) in [6.45, 7) is 4.33. The molecule has 0 bridgehead atoms. The highest BCUT2D eigenvalue weighted by Gasteiger charge is 2.11. The van der Waals surface area contributed by atoms with Crippen molar-refractivity contribution in [3.63, 3.8) is 0 Å². The number of amides is 4. The number of nitrogens with one attached hydrogen (secondary N) is 4. The van der Waals surface area contributed by atoms with Gasteiger partial charge in [0.25, 0.3) is 11.8 Å². The van der Waals surface area contributed by atoms with Gasteiger partial charge in [-0.1, -0.05) is 78.1 Å². The molecule has 0 saturated heterocycles. The maximum absolute atomic E-state index is 12.2. The summed E-state index contributed by atoms with van der Waals surface area (Å²) >= 11 is 0. The Labute approximate surface area is 204 Å². The first-order valence-corrected chi connectivity index (χ1v) is 12.8. The zero-order valence-electron chi connectivity index (χ0n) is 20.8. The summed E-state index contributed by atoms with van der Waals surface area (Å²) in [5.74, 6) is -1.38. The first kappa shape index (κ1) is 29.1. The Balaban J connectivity index is 2.26. The fourth-order valence-electron chi connectivity index (χ4n) is 3.43. The molecule has 0 aromatic heterocycles. The molecule has 0 radical (unpaired) electrons. The normalized spacial score (nSPS) is 10.4. The fraction of sp³-hybridized carbons (Fsp3) is 0.615. The second-order valence-electron chi connectivity index (χ2n) is 8.62. The monoisotopic (exact) mass is 474 g/mol. The van der Waals surface area contributed by atoms with Crippen LogP contribution in [-0.2, 0) is 9.59 Å². The highest BCUT2D eigenvalue weighted by Crippen LogP contribution is 2.08. The zero-order valence-corrected chi connectivity index (χ0v) is 20.8. The largest absolute Gasteiger partial charge is 0.273 e. The lowest BCUT2D eigenvalue weighted by Crippen LogP contribution is -2.42. The second kappa shape index (κ2) is 18.5. The minimum absolute atomic E-state index is 0.225. The van der Waals surface area contributed by atoms with Crippen molar-refractivity contribution in [2.45, 2.75) is 104 Å². The van der Waals surface area contributed by atoms with Gasteiger partial charge in [-0.2, -0.15) is 0 Å². The van der Waals surface area contributed by atoms with E-state index in [1.807, 2.05) is 0 Å². The van der Waals surface area contributed by atoms with Crippen LogP contribution in [0.15, 0.2) is 24.3 Å². The number of hydrogen-bond acceptors (Lipinski definition) is 4. The van der Waals surface area contributed by atoms with Crippen molar-refractivity contribution in [2.75, 3.05) is 0 Å². The molecule has 0 aliphatic heterocycles. The Morgan fingerprint density at radius 1 is 0.500 bits per heavy atom. The molecule has 0 unspecified atom stereocenters. The molecule has 0 heterocycles. The summed E-state index contributed by atoms with van der Waals surface area (Å²) in [5.41, 5.74) is 10.2. The summed E-state index contributed by atoms with van der Waals surface area (Å²) in [5, 5.41) is 0. The van der Waals surface area contributed by atoms with Crippen molar-refractivity contribution in [3.05, 3.63) is 35.4 Å². The molecule has 190 valence electrons. The van der Waals surface area contributed by atoms with E-state index >= 15 is 0 Å². The lowest BCUT2D eigenvalue weighted by atomic mass is 10.1. The molecule has 0 aliphatic rings. The third-order valence-electron chi connectivity index (χ3n) is 5.55. The maximum Gasteiger partial charge on any atom is 0.269 e. The average molecular weight is 475 g/mol.